The zero-order valence-corrected chi connectivity index (χ0v) is 16.0. The third-order valence-corrected chi connectivity index (χ3v) is 6.05. The maximum Gasteiger partial charge on any atom is 0.318 e. The van der Waals surface area contributed by atoms with Crippen molar-refractivity contribution in [2.45, 2.75) is 19.5 Å². The number of aromatic nitrogens is 1. The molecule has 0 atom stereocenters. The van der Waals surface area contributed by atoms with Crippen LogP contribution in [0.5, 0.6) is 0 Å². The first-order valence-electron chi connectivity index (χ1n) is 9.30. The summed E-state index contributed by atoms with van der Waals surface area (Å²) in [6, 6.07) is 20.1. The Morgan fingerprint density at radius 1 is 1.07 bits per heavy atom. The van der Waals surface area contributed by atoms with E-state index in [1.54, 1.807) is 11.3 Å². The number of hydrogen-bond acceptors (Lipinski definition) is 4. The van der Waals surface area contributed by atoms with E-state index < -0.39 is 0 Å². The van der Waals surface area contributed by atoms with Gasteiger partial charge in [-0.25, -0.2) is 9.78 Å². The molecule has 2 aromatic carbocycles. The summed E-state index contributed by atoms with van der Waals surface area (Å²) < 4.78 is 7.04. The summed E-state index contributed by atoms with van der Waals surface area (Å²) in [5.41, 5.74) is 3.53. The average Bonchev–Trinajstić information content (AvgIpc) is 3.38. The maximum atomic E-state index is 12.5. The van der Waals surface area contributed by atoms with Gasteiger partial charge in [0.25, 0.3) is 0 Å². The maximum absolute atomic E-state index is 12.5. The normalized spacial score (nSPS) is 13.5. The van der Waals surface area contributed by atoms with E-state index in [2.05, 4.69) is 34.6 Å². The minimum absolute atomic E-state index is 0.0626. The predicted molar refractivity (Wildman–Crippen MR) is 110 cm³/mol. The Balaban J connectivity index is 1.23. The average molecular weight is 389 g/mol. The standard InChI is InChI=1S/C22H19N3O2S/c26-22(25-12-11-15-5-1-2-6-16(15)14-25)23-13-17-9-10-19(27-17)21-24-18-7-3-4-8-20(18)28-21/h1-10H,11-14H2,(H,23,26). The SMILES string of the molecule is O=C(NCc1ccc(-c2nc3ccccc3s2)o1)N1CCc2ccccc2C1. The Morgan fingerprint density at radius 2 is 1.89 bits per heavy atom. The fourth-order valence-electron chi connectivity index (χ4n) is 3.51. The van der Waals surface area contributed by atoms with Crippen molar-refractivity contribution < 1.29 is 9.21 Å². The molecular formula is C22H19N3O2S. The second-order valence-electron chi connectivity index (χ2n) is 6.85. The van der Waals surface area contributed by atoms with Crippen molar-refractivity contribution in [1.82, 2.24) is 15.2 Å². The molecule has 0 saturated heterocycles. The molecule has 28 heavy (non-hydrogen) atoms. The zero-order chi connectivity index (χ0) is 18.9. The van der Waals surface area contributed by atoms with Gasteiger partial charge >= 0.3 is 6.03 Å². The van der Waals surface area contributed by atoms with Crippen molar-refractivity contribution in [2.75, 3.05) is 6.54 Å². The van der Waals surface area contributed by atoms with Crippen LogP contribution in [0.25, 0.3) is 21.0 Å². The molecule has 1 N–H and O–H groups in total. The van der Waals surface area contributed by atoms with E-state index in [1.165, 1.54) is 11.1 Å². The molecule has 0 radical (unpaired) electrons. The monoisotopic (exact) mass is 389 g/mol. The molecule has 6 heteroatoms. The quantitative estimate of drug-likeness (QED) is 0.546. The van der Waals surface area contributed by atoms with Crippen LogP contribution in [0, 0.1) is 0 Å². The number of amides is 2. The Bertz CT molecular complexity index is 1110. The van der Waals surface area contributed by atoms with Crippen LogP contribution in [0.3, 0.4) is 0 Å². The van der Waals surface area contributed by atoms with Gasteiger partial charge in [-0.3, -0.25) is 0 Å². The topological polar surface area (TPSA) is 58.4 Å². The van der Waals surface area contributed by atoms with Crippen molar-refractivity contribution in [3.05, 3.63) is 77.6 Å². The van der Waals surface area contributed by atoms with Crippen LogP contribution in [0.2, 0.25) is 0 Å². The summed E-state index contributed by atoms with van der Waals surface area (Å²) in [5, 5.41) is 3.82. The molecule has 2 amide bonds. The molecule has 140 valence electrons. The van der Waals surface area contributed by atoms with Crippen LogP contribution >= 0.6 is 11.3 Å². The molecule has 0 spiro atoms. The van der Waals surface area contributed by atoms with Gasteiger partial charge in [0.2, 0.25) is 0 Å². The number of carbonyl (C=O) groups is 1. The summed E-state index contributed by atoms with van der Waals surface area (Å²) in [7, 11) is 0. The van der Waals surface area contributed by atoms with Crippen LogP contribution in [-0.2, 0) is 19.5 Å². The molecular weight excluding hydrogens is 370 g/mol. The smallest absolute Gasteiger partial charge is 0.318 e. The molecule has 2 aromatic heterocycles. The van der Waals surface area contributed by atoms with Gasteiger partial charge < -0.3 is 14.6 Å². The lowest BCUT2D eigenvalue weighted by atomic mass is 10.0. The minimum Gasteiger partial charge on any atom is -0.457 e. The third-order valence-electron chi connectivity index (χ3n) is 5.00. The molecule has 0 saturated carbocycles. The van der Waals surface area contributed by atoms with E-state index in [4.69, 9.17) is 4.42 Å². The number of benzene rings is 2. The lowest BCUT2D eigenvalue weighted by molar-refractivity contribution is 0.191. The first kappa shape index (κ1) is 17.0. The highest BCUT2D eigenvalue weighted by Gasteiger charge is 2.20. The van der Waals surface area contributed by atoms with Gasteiger partial charge in [0.1, 0.15) is 5.76 Å². The number of furan rings is 1. The molecule has 1 aliphatic rings. The fraction of sp³-hybridized carbons (Fsp3) is 0.182. The number of urea groups is 1. The molecule has 5 rings (SSSR count). The molecule has 0 bridgehead atoms. The van der Waals surface area contributed by atoms with Crippen LogP contribution < -0.4 is 5.32 Å². The number of hydrogen-bond donors (Lipinski definition) is 1. The third kappa shape index (κ3) is 3.27. The Labute approximate surface area is 166 Å². The molecule has 0 fully saturated rings. The zero-order valence-electron chi connectivity index (χ0n) is 15.2. The Hall–Kier alpha value is -3.12. The van der Waals surface area contributed by atoms with E-state index in [0.717, 1.165) is 39.7 Å². The molecule has 0 aliphatic carbocycles. The second-order valence-corrected chi connectivity index (χ2v) is 7.88. The van der Waals surface area contributed by atoms with Gasteiger partial charge in [-0.05, 0) is 41.8 Å². The van der Waals surface area contributed by atoms with Crippen LogP contribution in [0.15, 0.2) is 65.1 Å². The number of carbonyl (C=O) groups excluding carboxylic acids is 1. The van der Waals surface area contributed by atoms with Gasteiger partial charge in [0.15, 0.2) is 10.8 Å². The number of para-hydroxylation sites is 1. The van der Waals surface area contributed by atoms with Gasteiger partial charge in [0.05, 0.1) is 16.8 Å². The van der Waals surface area contributed by atoms with Crippen molar-refractivity contribution in [3.8, 4) is 10.8 Å². The first-order chi connectivity index (χ1) is 13.8. The molecule has 3 heterocycles. The predicted octanol–water partition coefficient (Wildman–Crippen LogP) is 4.82. The highest BCUT2D eigenvalue weighted by atomic mass is 32.1. The summed E-state index contributed by atoms with van der Waals surface area (Å²) in [4.78, 5) is 19.0. The van der Waals surface area contributed by atoms with E-state index >= 15 is 0 Å². The lowest BCUT2D eigenvalue weighted by Gasteiger charge is -2.28. The first-order valence-corrected chi connectivity index (χ1v) is 10.1. The molecule has 5 nitrogen and oxygen atoms in total. The Morgan fingerprint density at radius 3 is 2.79 bits per heavy atom. The number of thiazole rings is 1. The minimum atomic E-state index is -0.0626. The summed E-state index contributed by atoms with van der Waals surface area (Å²) in [6.07, 6.45) is 0.895. The highest BCUT2D eigenvalue weighted by molar-refractivity contribution is 7.21. The lowest BCUT2D eigenvalue weighted by Crippen LogP contribution is -2.42. The number of fused-ring (bicyclic) bond motifs is 2. The van der Waals surface area contributed by atoms with E-state index in [-0.39, 0.29) is 6.03 Å². The van der Waals surface area contributed by atoms with E-state index in [0.29, 0.717) is 13.1 Å². The van der Waals surface area contributed by atoms with Crippen molar-refractivity contribution in [3.63, 3.8) is 0 Å². The van der Waals surface area contributed by atoms with Gasteiger partial charge in [-0.2, -0.15) is 0 Å². The summed E-state index contributed by atoms with van der Waals surface area (Å²) >= 11 is 1.60. The van der Waals surface area contributed by atoms with Gasteiger partial charge in [-0.1, -0.05) is 36.4 Å². The van der Waals surface area contributed by atoms with Crippen LogP contribution in [0.1, 0.15) is 16.9 Å². The van der Waals surface area contributed by atoms with Gasteiger partial charge in [0, 0.05) is 13.1 Å². The summed E-state index contributed by atoms with van der Waals surface area (Å²) in [6.45, 7) is 1.75. The fourth-order valence-corrected chi connectivity index (χ4v) is 4.44. The van der Waals surface area contributed by atoms with E-state index in [1.807, 2.05) is 41.3 Å². The molecule has 4 aromatic rings. The largest absolute Gasteiger partial charge is 0.457 e. The Kier molecular flexibility index (Phi) is 4.33. The number of rotatable bonds is 3. The van der Waals surface area contributed by atoms with Crippen LogP contribution in [0.4, 0.5) is 4.79 Å². The van der Waals surface area contributed by atoms with Crippen molar-refractivity contribution in [1.29, 1.82) is 0 Å². The van der Waals surface area contributed by atoms with E-state index in [9.17, 15) is 4.79 Å². The molecule has 1 aliphatic heterocycles. The molecule has 0 unspecified atom stereocenters. The second kappa shape index (κ2) is 7.13. The van der Waals surface area contributed by atoms with Crippen molar-refractivity contribution in [2.24, 2.45) is 0 Å². The highest BCUT2D eigenvalue weighted by Crippen LogP contribution is 2.31. The van der Waals surface area contributed by atoms with Crippen molar-refractivity contribution >= 4 is 27.6 Å². The summed E-state index contributed by atoms with van der Waals surface area (Å²) in [5.74, 6) is 1.46. The number of nitrogens with zero attached hydrogens (tertiary/aromatic N) is 2. The number of nitrogens with one attached hydrogen (secondary N) is 1. The van der Waals surface area contributed by atoms with Gasteiger partial charge in [-0.15, -0.1) is 11.3 Å². The van der Waals surface area contributed by atoms with Crippen LogP contribution in [-0.4, -0.2) is 22.5 Å².